The average molecular weight is 441 g/mol. The Morgan fingerprint density at radius 2 is 2.00 bits per heavy atom. The fraction of sp³-hybridized carbons (Fsp3) is 0.143. The van der Waals surface area contributed by atoms with Crippen molar-refractivity contribution in [2.75, 3.05) is 11.9 Å². The molecule has 4 aromatic rings. The van der Waals surface area contributed by atoms with Crippen LogP contribution in [0.2, 0.25) is 4.34 Å². The summed E-state index contributed by atoms with van der Waals surface area (Å²) in [5.41, 5.74) is 2.38. The lowest BCUT2D eigenvalue weighted by Crippen LogP contribution is -2.22. The minimum Gasteiger partial charge on any atom is -0.452 e. The van der Waals surface area contributed by atoms with E-state index in [9.17, 15) is 9.59 Å². The highest BCUT2D eigenvalue weighted by molar-refractivity contribution is 7.19. The number of anilines is 1. The first kappa shape index (κ1) is 20.1. The largest absolute Gasteiger partial charge is 0.452 e. The Morgan fingerprint density at radius 3 is 2.70 bits per heavy atom. The summed E-state index contributed by atoms with van der Waals surface area (Å²) in [6.07, 6.45) is 0. The molecule has 1 amide bonds. The predicted octanol–water partition coefficient (Wildman–Crippen LogP) is 4.45. The van der Waals surface area contributed by atoms with Crippen LogP contribution in [0.4, 0.5) is 5.82 Å². The van der Waals surface area contributed by atoms with Gasteiger partial charge in [0.2, 0.25) is 0 Å². The lowest BCUT2D eigenvalue weighted by molar-refractivity contribution is -0.119. The smallest absolute Gasteiger partial charge is 0.339 e. The lowest BCUT2D eigenvalue weighted by Gasteiger charge is -2.10. The number of para-hydroxylation sites is 1. The van der Waals surface area contributed by atoms with Crippen LogP contribution in [-0.4, -0.2) is 33.2 Å². The number of aromatic nitrogens is 3. The summed E-state index contributed by atoms with van der Waals surface area (Å²) < 4.78 is 7.46. The average Bonchev–Trinajstić information content (AvgIpc) is 3.29. The van der Waals surface area contributed by atoms with Crippen LogP contribution >= 0.6 is 22.9 Å². The van der Waals surface area contributed by atoms with Crippen molar-refractivity contribution in [3.05, 3.63) is 64.1 Å². The van der Waals surface area contributed by atoms with Gasteiger partial charge in [0.25, 0.3) is 5.91 Å². The molecule has 0 bridgehead atoms. The van der Waals surface area contributed by atoms with Crippen molar-refractivity contribution in [3.63, 3.8) is 0 Å². The number of aryl methyl sites for hydroxylation is 2. The molecule has 1 aromatic carbocycles. The molecule has 4 rings (SSSR count). The molecule has 0 saturated heterocycles. The van der Waals surface area contributed by atoms with Crippen molar-refractivity contribution >= 4 is 51.5 Å². The highest BCUT2D eigenvalue weighted by Gasteiger charge is 2.17. The Kier molecular flexibility index (Phi) is 5.52. The maximum absolute atomic E-state index is 12.8. The van der Waals surface area contributed by atoms with E-state index < -0.39 is 18.5 Å². The van der Waals surface area contributed by atoms with Gasteiger partial charge in [-0.3, -0.25) is 9.48 Å². The topological polar surface area (TPSA) is 86.1 Å². The first-order valence-corrected chi connectivity index (χ1v) is 10.2. The minimum atomic E-state index is -0.603. The van der Waals surface area contributed by atoms with Gasteiger partial charge >= 0.3 is 5.97 Å². The first-order valence-electron chi connectivity index (χ1n) is 9.04. The predicted molar refractivity (Wildman–Crippen MR) is 117 cm³/mol. The highest BCUT2D eigenvalue weighted by Crippen LogP contribution is 2.32. The van der Waals surface area contributed by atoms with Crippen molar-refractivity contribution in [2.45, 2.75) is 6.92 Å². The van der Waals surface area contributed by atoms with Crippen molar-refractivity contribution < 1.29 is 14.3 Å². The molecule has 0 atom stereocenters. The van der Waals surface area contributed by atoms with Crippen LogP contribution in [0.3, 0.4) is 0 Å². The monoisotopic (exact) mass is 440 g/mol. The molecule has 0 saturated carbocycles. The molecule has 0 fully saturated rings. The molecular weight excluding hydrogens is 424 g/mol. The molecule has 9 heteroatoms. The van der Waals surface area contributed by atoms with Crippen LogP contribution in [0, 0.1) is 6.92 Å². The van der Waals surface area contributed by atoms with Gasteiger partial charge in [-0.1, -0.05) is 29.8 Å². The van der Waals surface area contributed by atoms with Crippen LogP contribution in [-0.2, 0) is 16.6 Å². The fourth-order valence-corrected chi connectivity index (χ4v) is 4.04. The summed E-state index contributed by atoms with van der Waals surface area (Å²) in [6.45, 7) is 1.41. The van der Waals surface area contributed by atoms with Gasteiger partial charge in [-0.15, -0.1) is 11.3 Å². The number of pyridine rings is 1. The third kappa shape index (κ3) is 4.19. The number of ether oxygens (including phenoxy) is 1. The summed E-state index contributed by atoms with van der Waals surface area (Å²) in [6, 6.07) is 14.3. The number of fused-ring (bicyclic) bond motifs is 1. The number of hydrogen-bond donors (Lipinski definition) is 1. The molecule has 0 spiro atoms. The zero-order valence-corrected chi connectivity index (χ0v) is 17.8. The molecule has 7 nitrogen and oxygen atoms in total. The lowest BCUT2D eigenvalue weighted by atomic mass is 10.1. The maximum atomic E-state index is 12.8. The van der Waals surface area contributed by atoms with Gasteiger partial charge in [-0.25, -0.2) is 9.78 Å². The highest BCUT2D eigenvalue weighted by atomic mass is 35.5. The van der Waals surface area contributed by atoms with Crippen LogP contribution in [0.15, 0.2) is 48.5 Å². The molecule has 0 aliphatic rings. The van der Waals surface area contributed by atoms with E-state index >= 15 is 0 Å². The number of amides is 1. The van der Waals surface area contributed by atoms with Gasteiger partial charge in [0, 0.05) is 18.5 Å². The number of carbonyl (C=O) groups is 2. The Balaban J connectivity index is 1.56. The van der Waals surface area contributed by atoms with E-state index in [1.165, 1.54) is 11.3 Å². The fourth-order valence-electron chi connectivity index (χ4n) is 3.04. The first-order chi connectivity index (χ1) is 14.4. The van der Waals surface area contributed by atoms with E-state index in [0.717, 1.165) is 10.6 Å². The van der Waals surface area contributed by atoms with Crippen molar-refractivity contribution in [2.24, 2.45) is 7.05 Å². The number of benzene rings is 1. The van der Waals surface area contributed by atoms with Crippen molar-refractivity contribution in [1.82, 2.24) is 14.8 Å². The molecular formula is C21H17ClN4O3S. The van der Waals surface area contributed by atoms with E-state index in [4.69, 9.17) is 16.3 Å². The number of nitrogens with zero attached hydrogens (tertiary/aromatic N) is 3. The Morgan fingerprint density at radius 1 is 1.20 bits per heavy atom. The molecule has 3 aromatic heterocycles. The van der Waals surface area contributed by atoms with Crippen molar-refractivity contribution in [3.8, 4) is 10.6 Å². The van der Waals surface area contributed by atoms with Gasteiger partial charge in [0.05, 0.1) is 31.7 Å². The van der Waals surface area contributed by atoms with E-state index in [1.54, 1.807) is 36.0 Å². The Labute approximate surface area is 181 Å². The van der Waals surface area contributed by atoms with E-state index in [0.29, 0.717) is 32.3 Å². The molecule has 0 radical (unpaired) electrons. The SMILES string of the molecule is Cc1cc(NC(=O)COC(=O)c2cc(-c3ccc(Cl)s3)nc3ccccc23)n(C)n1. The number of halogens is 1. The summed E-state index contributed by atoms with van der Waals surface area (Å²) in [5, 5.41) is 7.48. The van der Waals surface area contributed by atoms with Gasteiger partial charge in [-0.05, 0) is 31.2 Å². The molecule has 152 valence electrons. The number of esters is 1. The van der Waals surface area contributed by atoms with E-state index in [2.05, 4.69) is 15.4 Å². The van der Waals surface area contributed by atoms with E-state index in [-0.39, 0.29) is 0 Å². The standard InChI is InChI=1S/C21H17ClN4O3S/c1-12-9-19(26(2)25-12)24-20(27)11-29-21(28)14-10-16(17-7-8-18(22)30-17)23-15-6-4-3-5-13(14)15/h3-10H,11H2,1-2H3,(H,24,27). The zero-order chi connectivity index (χ0) is 21.3. The third-order valence-electron chi connectivity index (χ3n) is 4.37. The second kappa shape index (κ2) is 8.25. The minimum absolute atomic E-state index is 0.337. The third-order valence-corrected chi connectivity index (χ3v) is 5.62. The Hall–Kier alpha value is -3.23. The maximum Gasteiger partial charge on any atom is 0.339 e. The summed E-state index contributed by atoms with van der Waals surface area (Å²) in [4.78, 5) is 30.5. The molecule has 0 aliphatic heterocycles. The van der Waals surface area contributed by atoms with Gasteiger partial charge in [0.15, 0.2) is 6.61 Å². The number of thiophene rings is 1. The zero-order valence-electron chi connectivity index (χ0n) is 16.2. The van der Waals surface area contributed by atoms with Gasteiger partial charge in [-0.2, -0.15) is 5.10 Å². The van der Waals surface area contributed by atoms with Gasteiger partial charge in [0.1, 0.15) is 5.82 Å². The number of hydrogen-bond acceptors (Lipinski definition) is 6. The van der Waals surface area contributed by atoms with E-state index in [1.807, 2.05) is 31.2 Å². The Bertz CT molecular complexity index is 1260. The summed E-state index contributed by atoms with van der Waals surface area (Å²) in [7, 11) is 1.72. The van der Waals surface area contributed by atoms with Crippen LogP contribution in [0.1, 0.15) is 16.1 Å². The normalized spacial score (nSPS) is 10.9. The second-order valence-electron chi connectivity index (χ2n) is 6.59. The van der Waals surface area contributed by atoms with Crippen molar-refractivity contribution in [1.29, 1.82) is 0 Å². The number of rotatable bonds is 5. The van der Waals surface area contributed by atoms with Gasteiger partial charge < -0.3 is 10.1 Å². The van der Waals surface area contributed by atoms with Crippen LogP contribution < -0.4 is 5.32 Å². The number of nitrogens with one attached hydrogen (secondary N) is 1. The molecule has 0 aliphatic carbocycles. The molecule has 30 heavy (non-hydrogen) atoms. The summed E-state index contributed by atoms with van der Waals surface area (Å²) >= 11 is 7.41. The number of carbonyl (C=O) groups excluding carboxylic acids is 2. The van der Waals surface area contributed by atoms with Crippen LogP contribution in [0.25, 0.3) is 21.5 Å². The molecule has 3 heterocycles. The molecule has 1 N–H and O–H groups in total. The van der Waals surface area contributed by atoms with Crippen LogP contribution in [0.5, 0.6) is 0 Å². The molecule has 0 unspecified atom stereocenters. The quantitative estimate of drug-likeness (QED) is 0.463. The summed E-state index contributed by atoms with van der Waals surface area (Å²) in [5.74, 6) is -0.524. The second-order valence-corrected chi connectivity index (χ2v) is 8.31.